The summed E-state index contributed by atoms with van der Waals surface area (Å²) in [4.78, 5) is 10.6. The van der Waals surface area contributed by atoms with E-state index >= 15 is 0 Å². The Hall–Kier alpha value is -2.09. The third kappa shape index (κ3) is 3.72. The number of benzene rings is 1. The maximum Gasteiger partial charge on any atom is 0.309 e. The zero-order valence-electron chi connectivity index (χ0n) is 11.5. The second-order valence-electron chi connectivity index (χ2n) is 4.28. The van der Waals surface area contributed by atoms with Crippen molar-refractivity contribution >= 4 is 21.9 Å². The zero-order chi connectivity index (χ0) is 15.4. The van der Waals surface area contributed by atoms with Gasteiger partial charge in [0.25, 0.3) is 0 Å². The van der Waals surface area contributed by atoms with Gasteiger partial charge < -0.3 is 14.6 Å². The van der Waals surface area contributed by atoms with Gasteiger partial charge in [-0.1, -0.05) is 5.21 Å². The highest BCUT2D eigenvalue weighted by molar-refractivity contribution is 9.10. The smallest absolute Gasteiger partial charge is 0.309 e. The van der Waals surface area contributed by atoms with Crippen LogP contribution in [0.3, 0.4) is 0 Å². The first-order valence-electron chi connectivity index (χ1n) is 6.04. The summed E-state index contributed by atoms with van der Waals surface area (Å²) in [5.74, 6) is 0.416. The number of halogens is 1. The van der Waals surface area contributed by atoms with Crippen LogP contribution >= 0.6 is 15.9 Å². The Morgan fingerprint density at radius 1 is 1.33 bits per heavy atom. The second-order valence-corrected chi connectivity index (χ2v) is 5.13. The lowest BCUT2D eigenvalue weighted by Gasteiger charge is -2.12. The number of hydrogen-bond donors (Lipinski definition) is 1. The van der Waals surface area contributed by atoms with Crippen molar-refractivity contribution in [3.63, 3.8) is 0 Å². The molecule has 8 heteroatoms. The molecule has 0 saturated carbocycles. The largest absolute Gasteiger partial charge is 0.496 e. The first kappa shape index (κ1) is 15.3. The number of rotatable bonds is 6. The van der Waals surface area contributed by atoms with Crippen molar-refractivity contribution in [2.75, 3.05) is 14.2 Å². The van der Waals surface area contributed by atoms with Gasteiger partial charge in [-0.3, -0.25) is 4.79 Å². The highest BCUT2D eigenvalue weighted by atomic mass is 79.9. The number of carboxylic acids is 1. The molecule has 112 valence electrons. The maximum absolute atomic E-state index is 10.6. The van der Waals surface area contributed by atoms with Crippen molar-refractivity contribution in [1.82, 2.24) is 15.0 Å². The van der Waals surface area contributed by atoms with Crippen LogP contribution in [0.25, 0.3) is 0 Å². The van der Waals surface area contributed by atoms with Gasteiger partial charge in [0.15, 0.2) is 0 Å². The van der Waals surface area contributed by atoms with Crippen molar-refractivity contribution in [3.05, 3.63) is 34.1 Å². The van der Waals surface area contributed by atoms with Crippen molar-refractivity contribution in [2.45, 2.75) is 13.0 Å². The number of aliphatic carboxylic acids is 1. The normalized spacial score (nSPS) is 10.4. The highest BCUT2D eigenvalue weighted by Gasteiger charge is 2.12. The summed E-state index contributed by atoms with van der Waals surface area (Å²) < 4.78 is 12.9. The molecule has 7 nitrogen and oxygen atoms in total. The van der Waals surface area contributed by atoms with Gasteiger partial charge in [-0.2, -0.15) is 0 Å². The van der Waals surface area contributed by atoms with Crippen molar-refractivity contribution in [3.8, 4) is 11.5 Å². The van der Waals surface area contributed by atoms with Crippen molar-refractivity contribution in [2.24, 2.45) is 0 Å². The molecule has 0 saturated heterocycles. The molecule has 0 aliphatic heterocycles. The van der Waals surface area contributed by atoms with Crippen LogP contribution in [0.5, 0.6) is 11.5 Å². The minimum absolute atomic E-state index is 0.152. The quantitative estimate of drug-likeness (QED) is 0.849. The molecule has 0 amide bonds. The Bertz CT molecular complexity index is 657. The monoisotopic (exact) mass is 355 g/mol. The van der Waals surface area contributed by atoms with Gasteiger partial charge in [-0.25, -0.2) is 4.68 Å². The number of methoxy groups -OCH3 is 2. The lowest BCUT2D eigenvalue weighted by molar-refractivity contribution is -0.136. The average Bonchev–Trinajstić information content (AvgIpc) is 2.86. The Morgan fingerprint density at radius 2 is 2.05 bits per heavy atom. The summed E-state index contributed by atoms with van der Waals surface area (Å²) >= 11 is 3.39. The fraction of sp³-hybridized carbons (Fsp3) is 0.308. The molecule has 0 aliphatic rings. The molecule has 0 spiro atoms. The second kappa shape index (κ2) is 6.57. The molecule has 1 aromatic heterocycles. The van der Waals surface area contributed by atoms with E-state index in [1.807, 2.05) is 12.1 Å². The minimum Gasteiger partial charge on any atom is -0.496 e. The SMILES string of the molecule is COc1cc(Cn2cc(CC(=O)O)nn2)c(OC)cc1Br. The lowest BCUT2D eigenvalue weighted by Crippen LogP contribution is -2.03. The predicted octanol–water partition coefficient (Wildman–Crippen LogP) is 1.73. The molecular weight excluding hydrogens is 342 g/mol. The molecule has 1 heterocycles. The van der Waals surface area contributed by atoms with Crippen LogP contribution < -0.4 is 9.47 Å². The molecule has 0 radical (unpaired) electrons. The fourth-order valence-electron chi connectivity index (χ4n) is 1.87. The first-order valence-corrected chi connectivity index (χ1v) is 6.84. The van der Waals surface area contributed by atoms with Gasteiger partial charge in [0.2, 0.25) is 0 Å². The summed E-state index contributed by atoms with van der Waals surface area (Å²) in [7, 11) is 3.16. The van der Waals surface area contributed by atoms with Crippen LogP contribution in [0.4, 0.5) is 0 Å². The Morgan fingerprint density at radius 3 is 2.67 bits per heavy atom. The highest BCUT2D eigenvalue weighted by Crippen LogP contribution is 2.33. The molecule has 0 aliphatic carbocycles. The summed E-state index contributed by atoms with van der Waals surface area (Å²) in [5, 5.41) is 16.5. The molecule has 0 unspecified atom stereocenters. The summed E-state index contributed by atoms with van der Waals surface area (Å²) in [6.07, 6.45) is 1.45. The van der Waals surface area contributed by atoms with Gasteiger partial charge >= 0.3 is 5.97 Å². The first-order chi connectivity index (χ1) is 10.0. The van der Waals surface area contributed by atoms with Gasteiger partial charge in [-0.15, -0.1) is 5.10 Å². The minimum atomic E-state index is -0.940. The molecule has 2 aromatic rings. The van der Waals surface area contributed by atoms with Gasteiger partial charge in [0, 0.05) is 11.8 Å². The number of nitrogens with zero attached hydrogens (tertiary/aromatic N) is 3. The van der Waals surface area contributed by atoms with E-state index in [4.69, 9.17) is 14.6 Å². The van der Waals surface area contributed by atoms with Crippen LogP contribution in [0.1, 0.15) is 11.3 Å². The molecule has 2 rings (SSSR count). The molecule has 0 fully saturated rings. The van der Waals surface area contributed by atoms with E-state index in [-0.39, 0.29) is 6.42 Å². The number of hydrogen-bond acceptors (Lipinski definition) is 5. The molecule has 1 aromatic carbocycles. The van der Waals surface area contributed by atoms with E-state index in [1.54, 1.807) is 25.1 Å². The van der Waals surface area contributed by atoms with Crippen molar-refractivity contribution < 1.29 is 19.4 Å². The topological polar surface area (TPSA) is 86.5 Å². The third-order valence-corrected chi connectivity index (χ3v) is 3.43. The summed E-state index contributed by atoms with van der Waals surface area (Å²) in [6.45, 7) is 0.402. The predicted molar refractivity (Wildman–Crippen MR) is 77.7 cm³/mol. The fourth-order valence-corrected chi connectivity index (χ4v) is 2.36. The van der Waals surface area contributed by atoms with Crippen LogP contribution in [-0.4, -0.2) is 40.3 Å². The van der Waals surface area contributed by atoms with Crippen LogP contribution in [0.2, 0.25) is 0 Å². The molecule has 1 N–H and O–H groups in total. The number of carboxylic acid groups (broad SMARTS) is 1. The van der Waals surface area contributed by atoms with E-state index < -0.39 is 5.97 Å². The molecular formula is C13H14BrN3O4. The van der Waals surface area contributed by atoms with Gasteiger partial charge in [0.05, 0.1) is 37.4 Å². The summed E-state index contributed by atoms with van der Waals surface area (Å²) in [5.41, 5.74) is 1.26. The van der Waals surface area contributed by atoms with E-state index in [0.29, 0.717) is 23.7 Å². The number of ether oxygens (including phenoxy) is 2. The summed E-state index contributed by atoms with van der Waals surface area (Å²) in [6, 6.07) is 3.64. The lowest BCUT2D eigenvalue weighted by atomic mass is 10.2. The van der Waals surface area contributed by atoms with E-state index in [0.717, 1.165) is 10.0 Å². The van der Waals surface area contributed by atoms with Gasteiger partial charge in [-0.05, 0) is 28.1 Å². The van der Waals surface area contributed by atoms with E-state index in [9.17, 15) is 4.79 Å². The maximum atomic E-state index is 10.6. The average molecular weight is 356 g/mol. The standard InChI is InChI=1S/C13H14BrN3O4/c1-20-11-5-10(14)12(21-2)3-8(11)6-17-7-9(15-16-17)4-13(18)19/h3,5,7H,4,6H2,1-2H3,(H,18,19). The Labute approximate surface area is 129 Å². The van der Waals surface area contributed by atoms with Gasteiger partial charge in [0.1, 0.15) is 11.5 Å². The van der Waals surface area contributed by atoms with Crippen molar-refractivity contribution in [1.29, 1.82) is 0 Å². The van der Waals surface area contributed by atoms with E-state index in [1.165, 1.54) is 0 Å². The Balaban J connectivity index is 2.25. The molecule has 0 bridgehead atoms. The van der Waals surface area contributed by atoms with Crippen LogP contribution in [-0.2, 0) is 17.8 Å². The van der Waals surface area contributed by atoms with Crippen LogP contribution in [0, 0.1) is 0 Å². The zero-order valence-corrected chi connectivity index (χ0v) is 13.1. The van der Waals surface area contributed by atoms with Crippen LogP contribution in [0.15, 0.2) is 22.8 Å². The number of carbonyl (C=O) groups is 1. The molecule has 0 atom stereocenters. The Kier molecular flexibility index (Phi) is 4.79. The van der Waals surface area contributed by atoms with E-state index in [2.05, 4.69) is 26.2 Å². The third-order valence-electron chi connectivity index (χ3n) is 2.81. The number of aromatic nitrogens is 3. The molecule has 21 heavy (non-hydrogen) atoms.